The van der Waals surface area contributed by atoms with Crippen LogP contribution < -0.4 is 0 Å². The highest BCUT2D eigenvalue weighted by atomic mass is 16.5. The van der Waals surface area contributed by atoms with Gasteiger partial charge in [-0.1, -0.05) is 31.9 Å². The second-order valence-electron chi connectivity index (χ2n) is 2.51. The van der Waals surface area contributed by atoms with Crippen molar-refractivity contribution < 1.29 is 9.53 Å². The highest BCUT2D eigenvalue weighted by Gasteiger charge is 1.82. The molecule has 0 N–H and O–H groups in total. The summed E-state index contributed by atoms with van der Waals surface area (Å²) in [6.07, 6.45) is 10.6. The van der Waals surface area contributed by atoms with Gasteiger partial charge in [0.1, 0.15) is 0 Å². The molecule has 0 amide bonds. The molecule has 0 aliphatic carbocycles. The first-order valence-electron chi connectivity index (χ1n) is 4.26. The van der Waals surface area contributed by atoms with Gasteiger partial charge < -0.3 is 4.74 Å². The van der Waals surface area contributed by atoms with E-state index in [1.807, 2.05) is 6.08 Å². The third-order valence-corrected chi connectivity index (χ3v) is 1.28. The normalized spacial score (nSPS) is 11.2. The first kappa shape index (κ1) is 11.0. The summed E-state index contributed by atoms with van der Waals surface area (Å²) in [5, 5.41) is 0. The number of carbonyl (C=O) groups excluding carboxylic acids is 1. The minimum atomic E-state index is -0.284. The Hall–Kier alpha value is -1.05. The standard InChI is InChI=1S/C10H16O2/c1-3-4-5-6-7-8-9-12-10(2)11/h6-9H,3-5H2,1-2H3/b7-6+,9-8+. The summed E-state index contributed by atoms with van der Waals surface area (Å²) >= 11 is 0. The van der Waals surface area contributed by atoms with E-state index in [1.165, 1.54) is 26.0 Å². The minimum absolute atomic E-state index is 0.284. The van der Waals surface area contributed by atoms with E-state index in [2.05, 4.69) is 17.7 Å². The summed E-state index contributed by atoms with van der Waals surface area (Å²) in [5.74, 6) is -0.284. The zero-order valence-electron chi connectivity index (χ0n) is 7.75. The van der Waals surface area contributed by atoms with E-state index in [-0.39, 0.29) is 5.97 Å². The van der Waals surface area contributed by atoms with Crippen molar-refractivity contribution >= 4 is 5.97 Å². The third-order valence-electron chi connectivity index (χ3n) is 1.28. The van der Waals surface area contributed by atoms with Crippen LogP contribution in [-0.2, 0) is 9.53 Å². The summed E-state index contributed by atoms with van der Waals surface area (Å²) in [6, 6.07) is 0. The number of allylic oxidation sites excluding steroid dienone is 3. The lowest BCUT2D eigenvalue weighted by Crippen LogP contribution is -1.88. The van der Waals surface area contributed by atoms with Crippen LogP contribution >= 0.6 is 0 Å². The Labute approximate surface area is 73.9 Å². The first-order valence-corrected chi connectivity index (χ1v) is 4.26. The number of rotatable bonds is 5. The van der Waals surface area contributed by atoms with Gasteiger partial charge in [0.15, 0.2) is 0 Å². The van der Waals surface area contributed by atoms with E-state index in [0.717, 1.165) is 6.42 Å². The predicted molar refractivity (Wildman–Crippen MR) is 49.6 cm³/mol. The number of unbranched alkanes of at least 4 members (excludes halogenated alkanes) is 2. The molecule has 68 valence electrons. The lowest BCUT2D eigenvalue weighted by atomic mass is 10.2. The number of hydrogen-bond donors (Lipinski definition) is 0. The Morgan fingerprint density at radius 2 is 2.17 bits per heavy atom. The smallest absolute Gasteiger partial charge is 0.307 e. The lowest BCUT2D eigenvalue weighted by Gasteiger charge is -1.88. The molecular formula is C10H16O2. The molecule has 0 aliphatic rings. The first-order chi connectivity index (χ1) is 5.77. The second-order valence-corrected chi connectivity index (χ2v) is 2.51. The van der Waals surface area contributed by atoms with E-state index < -0.39 is 0 Å². The Bertz CT molecular complexity index is 169. The molecule has 0 saturated carbocycles. The highest BCUT2D eigenvalue weighted by molar-refractivity contribution is 5.66. The molecule has 0 bridgehead atoms. The number of carbonyl (C=O) groups is 1. The maximum atomic E-state index is 10.3. The molecule has 0 aromatic heterocycles. The Kier molecular flexibility index (Phi) is 7.35. The lowest BCUT2D eigenvalue weighted by molar-refractivity contribution is -0.135. The van der Waals surface area contributed by atoms with Crippen molar-refractivity contribution in [3.8, 4) is 0 Å². The van der Waals surface area contributed by atoms with Gasteiger partial charge in [0.05, 0.1) is 6.26 Å². The number of ether oxygens (including phenoxy) is 1. The number of esters is 1. The van der Waals surface area contributed by atoms with Crippen molar-refractivity contribution in [2.45, 2.75) is 33.1 Å². The summed E-state index contributed by atoms with van der Waals surface area (Å²) in [5.41, 5.74) is 0. The molecule has 0 heterocycles. The van der Waals surface area contributed by atoms with E-state index >= 15 is 0 Å². The van der Waals surface area contributed by atoms with E-state index in [1.54, 1.807) is 6.08 Å². The maximum Gasteiger partial charge on any atom is 0.307 e. The average molecular weight is 168 g/mol. The van der Waals surface area contributed by atoms with Crippen LogP contribution in [0.1, 0.15) is 33.1 Å². The van der Waals surface area contributed by atoms with Crippen LogP contribution in [0.5, 0.6) is 0 Å². The van der Waals surface area contributed by atoms with Crippen molar-refractivity contribution in [2.75, 3.05) is 0 Å². The summed E-state index contributed by atoms with van der Waals surface area (Å²) in [6.45, 7) is 3.54. The highest BCUT2D eigenvalue weighted by Crippen LogP contribution is 1.94. The molecule has 0 aliphatic heterocycles. The summed E-state index contributed by atoms with van der Waals surface area (Å²) in [4.78, 5) is 10.3. The molecular weight excluding hydrogens is 152 g/mol. The fourth-order valence-electron chi connectivity index (χ4n) is 0.677. The predicted octanol–water partition coefficient (Wildman–Crippen LogP) is 2.81. The molecule has 2 nitrogen and oxygen atoms in total. The van der Waals surface area contributed by atoms with Crippen LogP contribution in [0.15, 0.2) is 24.5 Å². The summed E-state index contributed by atoms with van der Waals surface area (Å²) in [7, 11) is 0. The van der Waals surface area contributed by atoms with Crippen LogP contribution in [0.25, 0.3) is 0 Å². The van der Waals surface area contributed by atoms with E-state index in [9.17, 15) is 4.79 Å². The van der Waals surface area contributed by atoms with Crippen LogP contribution in [0.4, 0.5) is 0 Å². The molecule has 0 aromatic rings. The largest absolute Gasteiger partial charge is 0.435 e. The zero-order chi connectivity index (χ0) is 9.23. The van der Waals surface area contributed by atoms with E-state index in [4.69, 9.17) is 0 Å². The monoisotopic (exact) mass is 168 g/mol. The van der Waals surface area contributed by atoms with Crippen LogP contribution in [0, 0.1) is 0 Å². The molecule has 12 heavy (non-hydrogen) atoms. The maximum absolute atomic E-state index is 10.3. The van der Waals surface area contributed by atoms with Gasteiger partial charge in [-0.3, -0.25) is 4.79 Å². The fourth-order valence-corrected chi connectivity index (χ4v) is 0.677. The van der Waals surface area contributed by atoms with Gasteiger partial charge >= 0.3 is 5.97 Å². The Morgan fingerprint density at radius 1 is 1.42 bits per heavy atom. The molecule has 0 unspecified atom stereocenters. The van der Waals surface area contributed by atoms with Gasteiger partial charge in [0, 0.05) is 6.92 Å². The third kappa shape index (κ3) is 8.95. The quantitative estimate of drug-likeness (QED) is 0.273. The second kappa shape index (κ2) is 8.05. The van der Waals surface area contributed by atoms with Gasteiger partial charge in [-0.05, 0) is 12.5 Å². The molecule has 2 heteroatoms. The average Bonchev–Trinajstić information content (AvgIpc) is 2.02. The molecule has 0 fully saturated rings. The van der Waals surface area contributed by atoms with Gasteiger partial charge in [0.2, 0.25) is 0 Å². The molecule has 0 saturated heterocycles. The van der Waals surface area contributed by atoms with Gasteiger partial charge in [-0.2, -0.15) is 0 Å². The topological polar surface area (TPSA) is 26.3 Å². The number of hydrogen-bond acceptors (Lipinski definition) is 2. The van der Waals surface area contributed by atoms with Crippen molar-refractivity contribution in [3.05, 3.63) is 24.5 Å². The minimum Gasteiger partial charge on any atom is -0.435 e. The van der Waals surface area contributed by atoms with E-state index in [0.29, 0.717) is 0 Å². The molecule has 0 aromatic carbocycles. The van der Waals surface area contributed by atoms with Crippen molar-refractivity contribution in [1.29, 1.82) is 0 Å². The van der Waals surface area contributed by atoms with Gasteiger partial charge in [-0.25, -0.2) is 0 Å². The summed E-state index contributed by atoms with van der Waals surface area (Å²) < 4.78 is 4.58. The van der Waals surface area contributed by atoms with Crippen molar-refractivity contribution in [3.63, 3.8) is 0 Å². The van der Waals surface area contributed by atoms with Crippen molar-refractivity contribution in [2.24, 2.45) is 0 Å². The zero-order valence-corrected chi connectivity index (χ0v) is 7.75. The van der Waals surface area contributed by atoms with Gasteiger partial charge in [0.25, 0.3) is 0 Å². The fraction of sp³-hybridized carbons (Fsp3) is 0.500. The SMILES string of the molecule is CCCC/C=C/C=C/OC(C)=O. The molecule has 0 spiro atoms. The molecule has 0 radical (unpaired) electrons. The van der Waals surface area contributed by atoms with Crippen LogP contribution in [-0.4, -0.2) is 5.97 Å². The van der Waals surface area contributed by atoms with Crippen molar-refractivity contribution in [1.82, 2.24) is 0 Å². The van der Waals surface area contributed by atoms with Crippen LogP contribution in [0.3, 0.4) is 0 Å². The van der Waals surface area contributed by atoms with Gasteiger partial charge in [-0.15, -0.1) is 0 Å². The Morgan fingerprint density at radius 3 is 2.75 bits per heavy atom. The molecule has 0 rings (SSSR count). The Balaban J connectivity index is 3.33. The molecule has 0 atom stereocenters. The van der Waals surface area contributed by atoms with Crippen LogP contribution in [0.2, 0.25) is 0 Å².